The average Bonchev–Trinajstić information content (AvgIpc) is 3.11. The lowest BCUT2D eigenvalue weighted by Gasteiger charge is -2.32. The Labute approximate surface area is 171 Å². The van der Waals surface area contributed by atoms with E-state index in [2.05, 4.69) is 25.6 Å². The van der Waals surface area contributed by atoms with Crippen LogP contribution in [0.5, 0.6) is 5.75 Å². The molecule has 0 bridgehead atoms. The van der Waals surface area contributed by atoms with Gasteiger partial charge in [-0.05, 0) is 52.3 Å². The van der Waals surface area contributed by atoms with Crippen LogP contribution in [-0.4, -0.2) is 56.2 Å². The Bertz CT molecular complexity index is 803. The van der Waals surface area contributed by atoms with Crippen LogP contribution >= 0.6 is 15.9 Å². The van der Waals surface area contributed by atoms with Gasteiger partial charge in [-0.2, -0.15) is 0 Å². The molecule has 0 N–H and O–H groups in total. The summed E-state index contributed by atoms with van der Waals surface area (Å²) in [5, 5.41) is 0. The Hall–Kier alpha value is -2.16. The second-order valence-corrected chi connectivity index (χ2v) is 7.23. The average molecular weight is 452 g/mol. The Balaban J connectivity index is 1.47. The van der Waals surface area contributed by atoms with E-state index in [0.29, 0.717) is 24.5 Å². The molecule has 7 nitrogen and oxygen atoms in total. The zero-order valence-corrected chi connectivity index (χ0v) is 17.1. The van der Waals surface area contributed by atoms with E-state index in [-0.39, 0.29) is 18.3 Å². The van der Waals surface area contributed by atoms with Gasteiger partial charge in [0.1, 0.15) is 30.6 Å². The van der Waals surface area contributed by atoms with E-state index in [1.54, 1.807) is 24.3 Å². The van der Waals surface area contributed by atoms with Crippen molar-refractivity contribution in [3.8, 4) is 5.75 Å². The number of rotatable bonds is 8. The number of hydrogen-bond acceptors (Lipinski definition) is 7. The van der Waals surface area contributed by atoms with Crippen LogP contribution < -0.4 is 4.74 Å². The van der Waals surface area contributed by atoms with E-state index in [0.717, 1.165) is 30.1 Å². The molecule has 2 heterocycles. The first-order valence-electron chi connectivity index (χ1n) is 8.94. The minimum atomic E-state index is -0.550. The van der Waals surface area contributed by atoms with Crippen molar-refractivity contribution in [3.05, 3.63) is 52.4 Å². The summed E-state index contributed by atoms with van der Waals surface area (Å²) in [4.78, 5) is 25.4. The Morgan fingerprint density at radius 3 is 2.68 bits per heavy atom. The van der Waals surface area contributed by atoms with E-state index in [1.807, 2.05) is 12.1 Å². The molecular weight excluding hydrogens is 430 g/mol. The lowest BCUT2D eigenvalue weighted by molar-refractivity contribution is -0.139. The number of benzene rings is 1. The number of halogens is 1. The monoisotopic (exact) mass is 451 g/mol. The van der Waals surface area contributed by atoms with Gasteiger partial charge in [-0.25, -0.2) is 0 Å². The number of carbonyl (C=O) groups is 2. The molecule has 0 amide bonds. The maximum atomic E-state index is 11.9. The number of esters is 1. The predicted molar refractivity (Wildman–Crippen MR) is 104 cm³/mol. The van der Waals surface area contributed by atoms with Crippen LogP contribution in [-0.2, 0) is 20.8 Å². The van der Waals surface area contributed by atoms with Crippen LogP contribution in [0, 0.1) is 0 Å². The van der Waals surface area contributed by atoms with E-state index in [1.165, 1.54) is 7.11 Å². The molecular formula is C20H22BrNO6. The molecule has 0 radical (unpaired) electrons. The molecule has 1 unspecified atom stereocenters. The number of furan rings is 1. The minimum Gasteiger partial charge on any atom is -0.491 e. The third kappa shape index (κ3) is 5.92. The number of Topliss-reactive ketones (excluding diaryl/α,β-unsaturated/α-hetero) is 1. The summed E-state index contributed by atoms with van der Waals surface area (Å²) < 4.78 is 22.4. The fourth-order valence-corrected chi connectivity index (χ4v) is 3.25. The molecule has 1 aromatic carbocycles. The molecule has 1 aromatic heterocycles. The summed E-state index contributed by atoms with van der Waals surface area (Å²) in [5.74, 6) is 0.714. The molecule has 28 heavy (non-hydrogen) atoms. The summed E-state index contributed by atoms with van der Waals surface area (Å²) in [6.45, 7) is 3.35. The van der Waals surface area contributed by atoms with Gasteiger partial charge in [0, 0.05) is 18.7 Å². The van der Waals surface area contributed by atoms with Crippen molar-refractivity contribution >= 4 is 27.7 Å². The van der Waals surface area contributed by atoms with Gasteiger partial charge in [0.2, 0.25) is 0 Å². The van der Waals surface area contributed by atoms with Crippen molar-refractivity contribution in [2.24, 2.45) is 0 Å². The predicted octanol–water partition coefficient (Wildman–Crippen LogP) is 3.07. The molecule has 1 atom stereocenters. The fraction of sp³-hybridized carbons (Fsp3) is 0.400. The van der Waals surface area contributed by atoms with Gasteiger partial charge >= 0.3 is 5.97 Å². The van der Waals surface area contributed by atoms with Crippen LogP contribution in [0.15, 0.2) is 45.5 Å². The summed E-state index contributed by atoms with van der Waals surface area (Å²) in [6, 6.07) is 10.5. The quantitative estimate of drug-likeness (QED) is 0.346. The number of hydrogen-bond donors (Lipinski definition) is 0. The first kappa shape index (κ1) is 20.6. The van der Waals surface area contributed by atoms with Gasteiger partial charge in [0.05, 0.1) is 20.3 Å². The Morgan fingerprint density at radius 2 is 2.00 bits per heavy atom. The smallest absolute Gasteiger partial charge is 0.313 e. The number of ketones is 1. The highest BCUT2D eigenvalue weighted by Crippen LogP contribution is 2.18. The lowest BCUT2D eigenvalue weighted by Crippen LogP contribution is -2.44. The van der Waals surface area contributed by atoms with Crippen molar-refractivity contribution in [1.29, 1.82) is 0 Å². The Morgan fingerprint density at radius 1 is 1.21 bits per heavy atom. The SMILES string of the molecule is COC(=O)CC(=O)c1ccc(OCC2CN(Cc3ccc(Br)o3)CCO2)cc1. The number of carbonyl (C=O) groups excluding carboxylic acids is 2. The summed E-state index contributed by atoms with van der Waals surface area (Å²) in [6.07, 6.45) is -0.318. The van der Waals surface area contributed by atoms with Gasteiger partial charge in [-0.1, -0.05) is 0 Å². The molecule has 2 aromatic rings. The maximum absolute atomic E-state index is 11.9. The molecule has 150 valence electrons. The van der Waals surface area contributed by atoms with Gasteiger partial charge in [-0.15, -0.1) is 0 Å². The normalized spacial score (nSPS) is 17.3. The lowest BCUT2D eigenvalue weighted by atomic mass is 10.1. The zero-order chi connectivity index (χ0) is 19.9. The number of methoxy groups -OCH3 is 1. The summed E-state index contributed by atoms with van der Waals surface area (Å²) >= 11 is 3.31. The van der Waals surface area contributed by atoms with E-state index in [4.69, 9.17) is 13.9 Å². The standard InChI is InChI=1S/C20H22BrNO6/c1-25-20(24)10-18(23)14-2-4-15(5-3-14)27-13-17-12-22(8-9-26-17)11-16-6-7-19(21)28-16/h2-7,17H,8-13H2,1H3. The van der Waals surface area contributed by atoms with Crippen molar-refractivity contribution in [2.75, 3.05) is 33.4 Å². The van der Waals surface area contributed by atoms with Crippen molar-refractivity contribution < 1.29 is 28.2 Å². The van der Waals surface area contributed by atoms with Crippen LogP contribution in [0.2, 0.25) is 0 Å². The first-order valence-corrected chi connectivity index (χ1v) is 9.74. The topological polar surface area (TPSA) is 78.2 Å². The van der Waals surface area contributed by atoms with E-state index < -0.39 is 5.97 Å². The highest BCUT2D eigenvalue weighted by Gasteiger charge is 2.22. The molecule has 0 saturated carbocycles. The molecule has 3 rings (SSSR count). The second kappa shape index (κ2) is 9.86. The van der Waals surface area contributed by atoms with Crippen LogP contribution in [0.3, 0.4) is 0 Å². The number of morpholine rings is 1. The molecule has 1 fully saturated rings. The van der Waals surface area contributed by atoms with Crippen molar-refractivity contribution in [3.63, 3.8) is 0 Å². The van der Waals surface area contributed by atoms with E-state index in [9.17, 15) is 9.59 Å². The van der Waals surface area contributed by atoms with Gasteiger partial charge in [-0.3, -0.25) is 14.5 Å². The first-order chi connectivity index (χ1) is 13.5. The van der Waals surface area contributed by atoms with Crippen molar-refractivity contribution in [2.45, 2.75) is 19.1 Å². The van der Waals surface area contributed by atoms with Gasteiger partial charge in [0.15, 0.2) is 10.5 Å². The maximum Gasteiger partial charge on any atom is 0.313 e. The largest absolute Gasteiger partial charge is 0.491 e. The summed E-state index contributed by atoms with van der Waals surface area (Å²) in [7, 11) is 1.26. The van der Waals surface area contributed by atoms with E-state index >= 15 is 0 Å². The second-order valence-electron chi connectivity index (χ2n) is 6.45. The molecule has 0 spiro atoms. The third-order valence-corrected chi connectivity index (χ3v) is 4.80. The van der Waals surface area contributed by atoms with Crippen molar-refractivity contribution in [1.82, 2.24) is 4.90 Å². The van der Waals surface area contributed by atoms with Crippen LogP contribution in [0.1, 0.15) is 22.5 Å². The molecule has 8 heteroatoms. The Kier molecular flexibility index (Phi) is 7.24. The number of nitrogens with zero attached hydrogens (tertiary/aromatic N) is 1. The molecule has 1 aliphatic heterocycles. The molecule has 0 aliphatic carbocycles. The molecule has 1 saturated heterocycles. The third-order valence-electron chi connectivity index (χ3n) is 4.38. The fourth-order valence-electron chi connectivity index (χ4n) is 2.91. The van der Waals surface area contributed by atoms with Gasteiger partial charge in [0.25, 0.3) is 0 Å². The van der Waals surface area contributed by atoms with Gasteiger partial charge < -0.3 is 18.6 Å². The zero-order valence-electron chi connectivity index (χ0n) is 15.6. The summed E-state index contributed by atoms with van der Waals surface area (Å²) in [5.41, 5.74) is 0.447. The van der Waals surface area contributed by atoms with Crippen LogP contribution in [0.4, 0.5) is 0 Å². The number of ether oxygens (including phenoxy) is 3. The highest BCUT2D eigenvalue weighted by molar-refractivity contribution is 9.10. The minimum absolute atomic E-state index is 0.0483. The highest BCUT2D eigenvalue weighted by atomic mass is 79.9. The molecule has 1 aliphatic rings. The van der Waals surface area contributed by atoms with Crippen LogP contribution in [0.25, 0.3) is 0 Å².